The van der Waals surface area contributed by atoms with E-state index in [1.54, 1.807) is 0 Å². The summed E-state index contributed by atoms with van der Waals surface area (Å²) >= 11 is 0. The van der Waals surface area contributed by atoms with Gasteiger partial charge in [-0.2, -0.15) is 13.2 Å². The molecule has 0 aromatic carbocycles. The molecule has 0 unspecified atom stereocenters. The van der Waals surface area contributed by atoms with Crippen LogP contribution in [0.5, 0.6) is 0 Å². The van der Waals surface area contributed by atoms with E-state index in [-0.39, 0.29) is 0 Å². The van der Waals surface area contributed by atoms with Gasteiger partial charge in [-0.1, -0.05) is 0 Å². The van der Waals surface area contributed by atoms with Crippen LogP contribution in [0.3, 0.4) is 0 Å². The minimum Gasteiger partial charge on any atom is -0.384 e. The number of ketones is 1. The molecule has 2 heterocycles. The van der Waals surface area contributed by atoms with Crippen LogP contribution < -0.4 is 22.5 Å². The lowest BCUT2D eigenvalue weighted by molar-refractivity contribution is -0.138. The second-order valence-electron chi connectivity index (χ2n) is 5.24. The third kappa shape index (κ3) is 3.12. The summed E-state index contributed by atoms with van der Waals surface area (Å²) in [5.74, 6) is -1.42. The summed E-state index contributed by atoms with van der Waals surface area (Å²) < 4.78 is 40.3. The summed E-state index contributed by atoms with van der Waals surface area (Å²) in [6.07, 6.45) is -3.90. The third-order valence-corrected chi connectivity index (χ3v) is 3.63. The minimum atomic E-state index is -4.88. The zero-order chi connectivity index (χ0) is 19.1. The number of nitrogen functional groups attached to an aromatic ring is 1. The number of nitrogens with zero attached hydrogens (tertiary/aromatic N) is 3. The summed E-state index contributed by atoms with van der Waals surface area (Å²) in [6.45, 7) is -0.833. The number of pyridine rings is 1. The number of rotatable bonds is 3. The molecular weight excluding hydrogens is 345 g/mol. The molecule has 0 fully saturated rings. The summed E-state index contributed by atoms with van der Waals surface area (Å²) in [7, 11) is 2.35. The highest BCUT2D eigenvalue weighted by atomic mass is 19.4. The van der Waals surface area contributed by atoms with Crippen molar-refractivity contribution in [2.75, 3.05) is 5.73 Å². The van der Waals surface area contributed by atoms with E-state index in [4.69, 9.17) is 5.73 Å². The van der Waals surface area contributed by atoms with E-state index < -0.39 is 52.3 Å². The summed E-state index contributed by atoms with van der Waals surface area (Å²) in [6, 6.07) is 1.54. The Labute approximate surface area is 137 Å². The van der Waals surface area contributed by atoms with Crippen LogP contribution in [-0.4, -0.2) is 19.5 Å². The Balaban J connectivity index is 2.56. The van der Waals surface area contributed by atoms with Gasteiger partial charge in [-0.05, 0) is 12.1 Å². The second kappa shape index (κ2) is 6.07. The molecule has 0 aliphatic rings. The fraction of sp³-hybridized carbons (Fsp3) is 0.286. The lowest BCUT2D eigenvalue weighted by Crippen LogP contribution is -2.42. The van der Waals surface area contributed by atoms with Gasteiger partial charge in [0.2, 0.25) is 0 Å². The topological polar surface area (TPSA) is 109 Å². The van der Waals surface area contributed by atoms with Gasteiger partial charge in [0.15, 0.2) is 5.78 Å². The molecule has 2 aromatic rings. The minimum absolute atomic E-state index is 0.432. The van der Waals surface area contributed by atoms with Crippen LogP contribution in [0, 0.1) is 0 Å². The van der Waals surface area contributed by atoms with Crippen LogP contribution in [0.1, 0.15) is 15.9 Å². The van der Waals surface area contributed by atoms with Gasteiger partial charge in [0.1, 0.15) is 16.9 Å². The Bertz CT molecular complexity index is 1030. The molecule has 134 valence electrons. The van der Waals surface area contributed by atoms with E-state index in [9.17, 15) is 32.3 Å². The molecule has 0 amide bonds. The zero-order valence-corrected chi connectivity index (χ0v) is 13.1. The zero-order valence-electron chi connectivity index (χ0n) is 13.1. The molecule has 2 aromatic heterocycles. The first kappa shape index (κ1) is 18.2. The Kier molecular flexibility index (Phi) is 4.43. The maximum Gasteiger partial charge on any atom is 0.421 e. The molecule has 0 aliphatic heterocycles. The van der Waals surface area contributed by atoms with Crippen molar-refractivity contribution < 1.29 is 18.0 Å². The molecule has 25 heavy (non-hydrogen) atoms. The SMILES string of the molecule is Cn1c(N)c(C(=O)Cn2cccc(C(F)(F)F)c2=O)c(=O)n(C)c1=O. The van der Waals surface area contributed by atoms with Crippen LogP contribution in [-0.2, 0) is 26.8 Å². The fourth-order valence-electron chi connectivity index (χ4n) is 2.23. The molecular formula is C14H13F3N4O4. The number of carbonyl (C=O) groups excluding carboxylic acids is 1. The standard InChI is InChI=1S/C14H13F3N4O4/c1-19-10(18)9(12(24)20(2)13(19)25)8(22)6-21-5-3-4-7(11(21)23)14(15,16)17/h3-5H,6,18H2,1-2H3. The fourth-order valence-corrected chi connectivity index (χ4v) is 2.23. The van der Waals surface area contributed by atoms with Crippen LogP contribution in [0.2, 0.25) is 0 Å². The average Bonchev–Trinajstić information content (AvgIpc) is 2.52. The molecule has 0 atom stereocenters. The normalized spacial score (nSPS) is 11.6. The molecule has 11 heteroatoms. The lowest BCUT2D eigenvalue weighted by atomic mass is 10.2. The van der Waals surface area contributed by atoms with Crippen LogP contribution in [0.4, 0.5) is 19.0 Å². The van der Waals surface area contributed by atoms with Crippen molar-refractivity contribution in [2.24, 2.45) is 14.1 Å². The van der Waals surface area contributed by atoms with Crippen LogP contribution in [0.15, 0.2) is 32.7 Å². The van der Waals surface area contributed by atoms with Gasteiger partial charge in [0.25, 0.3) is 11.1 Å². The van der Waals surface area contributed by atoms with Crippen molar-refractivity contribution in [3.05, 3.63) is 60.6 Å². The smallest absolute Gasteiger partial charge is 0.384 e. The first-order valence-corrected chi connectivity index (χ1v) is 6.82. The number of alkyl halides is 3. The highest BCUT2D eigenvalue weighted by Crippen LogP contribution is 2.26. The number of Topliss-reactive ketones (excluding diaryl/α,β-unsaturated/α-hetero) is 1. The molecule has 0 bridgehead atoms. The van der Waals surface area contributed by atoms with Crippen molar-refractivity contribution in [3.63, 3.8) is 0 Å². The van der Waals surface area contributed by atoms with E-state index >= 15 is 0 Å². The number of hydrogen-bond donors (Lipinski definition) is 1. The Morgan fingerprint density at radius 2 is 1.72 bits per heavy atom. The average molecular weight is 358 g/mol. The molecule has 8 nitrogen and oxygen atoms in total. The molecule has 0 aliphatic carbocycles. The number of aromatic nitrogens is 3. The summed E-state index contributed by atoms with van der Waals surface area (Å²) in [5, 5.41) is 0. The highest BCUT2D eigenvalue weighted by molar-refractivity contribution is 5.99. The van der Waals surface area contributed by atoms with Crippen molar-refractivity contribution in [2.45, 2.75) is 12.7 Å². The Morgan fingerprint density at radius 1 is 1.12 bits per heavy atom. The Morgan fingerprint density at radius 3 is 2.28 bits per heavy atom. The van der Waals surface area contributed by atoms with Gasteiger partial charge in [-0.3, -0.25) is 23.5 Å². The number of carbonyl (C=O) groups is 1. The maximum absolute atomic E-state index is 12.8. The first-order chi connectivity index (χ1) is 11.5. The molecule has 2 rings (SSSR count). The van der Waals surface area contributed by atoms with Gasteiger partial charge in [-0.15, -0.1) is 0 Å². The molecule has 0 saturated heterocycles. The largest absolute Gasteiger partial charge is 0.421 e. The van der Waals surface area contributed by atoms with Crippen LogP contribution in [0.25, 0.3) is 0 Å². The van der Waals surface area contributed by atoms with Crippen LogP contribution >= 0.6 is 0 Å². The molecule has 2 N–H and O–H groups in total. The van der Waals surface area contributed by atoms with Crippen molar-refractivity contribution in [1.82, 2.24) is 13.7 Å². The summed E-state index contributed by atoms with van der Waals surface area (Å²) in [5.41, 5.74) is 0.400. The predicted molar refractivity (Wildman–Crippen MR) is 81.4 cm³/mol. The van der Waals surface area contributed by atoms with E-state index in [1.165, 1.54) is 7.05 Å². The molecule has 0 spiro atoms. The highest BCUT2D eigenvalue weighted by Gasteiger charge is 2.34. The number of nitrogens with two attached hydrogens (primary N) is 1. The summed E-state index contributed by atoms with van der Waals surface area (Å²) in [4.78, 5) is 48.0. The van der Waals surface area contributed by atoms with Gasteiger partial charge < -0.3 is 10.3 Å². The Hall–Kier alpha value is -3.11. The van der Waals surface area contributed by atoms with Gasteiger partial charge in [0, 0.05) is 20.3 Å². The van der Waals surface area contributed by atoms with E-state index in [0.717, 1.165) is 23.9 Å². The number of hydrogen-bond acceptors (Lipinski definition) is 5. The van der Waals surface area contributed by atoms with Gasteiger partial charge in [-0.25, -0.2) is 4.79 Å². The van der Waals surface area contributed by atoms with Crippen molar-refractivity contribution in [3.8, 4) is 0 Å². The monoisotopic (exact) mass is 358 g/mol. The molecule has 0 radical (unpaired) electrons. The number of halogens is 3. The third-order valence-electron chi connectivity index (χ3n) is 3.63. The lowest BCUT2D eigenvalue weighted by Gasteiger charge is -2.12. The van der Waals surface area contributed by atoms with E-state index in [0.29, 0.717) is 15.2 Å². The predicted octanol–water partition coefficient (Wildman–Crippen LogP) is -0.270. The van der Waals surface area contributed by atoms with E-state index in [1.807, 2.05) is 0 Å². The van der Waals surface area contributed by atoms with Crippen molar-refractivity contribution in [1.29, 1.82) is 0 Å². The maximum atomic E-state index is 12.8. The van der Waals surface area contributed by atoms with Gasteiger partial charge in [0.05, 0.1) is 6.54 Å². The quantitative estimate of drug-likeness (QED) is 0.760. The molecule has 0 saturated carbocycles. The second-order valence-corrected chi connectivity index (χ2v) is 5.24. The first-order valence-electron chi connectivity index (χ1n) is 6.82. The number of anilines is 1. The van der Waals surface area contributed by atoms with Crippen molar-refractivity contribution >= 4 is 11.6 Å². The van der Waals surface area contributed by atoms with E-state index in [2.05, 4.69) is 0 Å². The van der Waals surface area contributed by atoms with Gasteiger partial charge >= 0.3 is 11.9 Å².